The molecule has 0 aromatic heterocycles. The fraction of sp³-hybridized carbons (Fsp3) is 0.467. The molecular formula is C15H17Br2NO3. The maximum absolute atomic E-state index is 12.6. The number of piperidine rings is 1. The van der Waals surface area contributed by atoms with Crippen LogP contribution in [0.3, 0.4) is 0 Å². The lowest BCUT2D eigenvalue weighted by atomic mass is 9.97. The Morgan fingerprint density at radius 1 is 1.29 bits per heavy atom. The van der Waals surface area contributed by atoms with Gasteiger partial charge in [0.1, 0.15) is 0 Å². The van der Waals surface area contributed by atoms with Gasteiger partial charge in [-0.1, -0.05) is 31.9 Å². The SMILES string of the molecule is CCOC(=O)[C@H]1CCCN(C(=O)c2cc(Br)cc(Br)c2)C1. The lowest BCUT2D eigenvalue weighted by Gasteiger charge is -2.31. The van der Waals surface area contributed by atoms with Gasteiger partial charge in [0.2, 0.25) is 0 Å². The first-order chi connectivity index (χ1) is 10.0. The quantitative estimate of drug-likeness (QED) is 0.704. The molecule has 6 heteroatoms. The minimum Gasteiger partial charge on any atom is -0.466 e. The standard InChI is InChI=1S/C15H17Br2NO3/c1-2-21-15(20)10-4-3-5-18(9-10)14(19)11-6-12(16)8-13(17)7-11/h6-8,10H,2-5,9H2,1H3/t10-/m0/s1. The summed E-state index contributed by atoms with van der Waals surface area (Å²) in [5.74, 6) is -0.463. The average Bonchev–Trinajstić information content (AvgIpc) is 2.46. The molecular weight excluding hydrogens is 402 g/mol. The molecule has 1 aliphatic rings. The molecule has 0 aliphatic carbocycles. The van der Waals surface area contributed by atoms with Gasteiger partial charge >= 0.3 is 5.97 Å². The lowest BCUT2D eigenvalue weighted by molar-refractivity contribution is -0.149. The van der Waals surface area contributed by atoms with E-state index in [9.17, 15) is 9.59 Å². The molecule has 4 nitrogen and oxygen atoms in total. The van der Waals surface area contributed by atoms with E-state index >= 15 is 0 Å². The van der Waals surface area contributed by atoms with Crippen molar-refractivity contribution in [3.8, 4) is 0 Å². The lowest BCUT2D eigenvalue weighted by Crippen LogP contribution is -2.42. The second-order valence-electron chi connectivity index (χ2n) is 5.00. The van der Waals surface area contributed by atoms with E-state index in [1.54, 1.807) is 24.0 Å². The number of ether oxygens (including phenoxy) is 1. The molecule has 114 valence electrons. The summed E-state index contributed by atoms with van der Waals surface area (Å²) in [6.07, 6.45) is 1.61. The van der Waals surface area contributed by atoms with Crippen LogP contribution in [0.5, 0.6) is 0 Å². The van der Waals surface area contributed by atoms with Crippen LogP contribution in [0.1, 0.15) is 30.1 Å². The van der Waals surface area contributed by atoms with Crippen molar-refractivity contribution in [1.82, 2.24) is 4.90 Å². The topological polar surface area (TPSA) is 46.6 Å². The zero-order chi connectivity index (χ0) is 15.4. The fourth-order valence-electron chi connectivity index (χ4n) is 2.47. The van der Waals surface area contributed by atoms with Gasteiger partial charge < -0.3 is 9.64 Å². The third kappa shape index (κ3) is 4.30. The molecule has 21 heavy (non-hydrogen) atoms. The number of likely N-dealkylation sites (tertiary alicyclic amines) is 1. The number of hydrogen-bond donors (Lipinski definition) is 0. The molecule has 1 amide bonds. The minimum absolute atomic E-state index is 0.0500. The summed E-state index contributed by atoms with van der Waals surface area (Å²) in [6.45, 7) is 3.28. The van der Waals surface area contributed by atoms with Gasteiger partial charge in [0.15, 0.2) is 0 Å². The van der Waals surface area contributed by atoms with Crippen LogP contribution in [0.4, 0.5) is 0 Å². The van der Waals surface area contributed by atoms with Crippen LogP contribution in [-0.4, -0.2) is 36.5 Å². The highest BCUT2D eigenvalue weighted by Gasteiger charge is 2.29. The summed E-state index contributed by atoms with van der Waals surface area (Å²) < 4.78 is 6.75. The molecule has 0 saturated carbocycles. The van der Waals surface area contributed by atoms with Gasteiger partial charge in [0.05, 0.1) is 12.5 Å². The Labute approximate surface area is 141 Å². The van der Waals surface area contributed by atoms with Crippen molar-refractivity contribution < 1.29 is 14.3 Å². The zero-order valence-corrected chi connectivity index (χ0v) is 14.9. The first-order valence-electron chi connectivity index (χ1n) is 6.93. The molecule has 0 radical (unpaired) electrons. The van der Waals surface area contributed by atoms with Gasteiger partial charge in [-0.25, -0.2) is 0 Å². The van der Waals surface area contributed by atoms with Crippen molar-refractivity contribution in [2.45, 2.75) is 19.8 Å². The second kappa shape index (κ2) is 7.40. The molecule has 2 rings (SSSR count). The highest BCUT2D eigenvalue weighted by atomic mass is 79.9. The van der Waals surface area contributed by atoms with E-state index < -0.39 is 0 Å². The maximum atomic E-state index is 12.6. The van der Waals surface area contributed by atoms with E-state index in [2.05, 4.69) is 31.9 Å². The number of carbonyl (C=O) groups is 2. The molecule has 1 fully saturated rings. The van der Waals surface area contributed by atoms with Gasteiger partial charge in [-0.15, -0.1) is 0 Å². The summed E-state index contributed by atoms with van der Waals surface area (Å²) >= 11 is 6.77. The minimum atomic E-state index is -0.210. The van der Waals surface area contributed by atoms with Gasteiger partial charge in [0, 0.05) is 27.6 Å². The molecule has 0 spiro atoms. The number of amides is 1. The van der Waals surface area contributed by atoms with Gasteiger partial charge in [-0.3, -0.25) is 9.59 Å². The smallest absolute Gasteiger partial charge is 0.310 e. The van der Waals surface area contributed by atoms with Gasteiger partial charge in [0.25, 0.3) is 5.91 Å². The fourth-order valence-corrected chi connectivity index (χ4v) is 3.77. The van der Waals surface area contributed by atoms with E-state index in [0.717, 1.165) is 21.8 Å². The van der Waals surface area contributed by atoms with Crippen LogP contribution in [-0.2, 0) is 9.53 Å². The molecule has 0 N–H and O–H groups in total. The molecule has 0 unspecified atom stereocenters. The Hall–Kier alpha value is -0.880. The number of rotatable bonds is 3. The predicted molar refractivity (Wildman–Crippen MR) is 87.1 cm³/mol. The number of benzene rings is 1. The molecule has 1 aromatic carbocycles. The van der Waals surface area contributed by atoms with Crippen LogP contribution in [0.25, 0.3) is 0 Å². The average molecular weight is 419 g/mol. The number of halogens is 2. The summed E-state index contributed by atoms with van der Waals surface area (Å²) in [7, 11) is 0. The number of esters is 1. The first-order valence-corrected chi connectivity index (χ1v) is 8.52. The zero-order valence-electron chi connectivity index (χ0n) is 11.8. The molecule has 1 aromatic rings. The monoisotopic (exact) mass is 417 g/mol. The van der Waals surface area contributed by atoms with Crippen LogP contribution >= 0.6 is 31.9 Å². The normalized spacial score (nSPS) is 18.4. The number of carbonyl (C=O) groups excluding carboxylic acids is 2. The Morgan fingerprint density at radius 3 is 2.57 bits per heavy atom. The number of nitrogens with zero attached hydrogens (tertiary/aromatic N) is 1. The van der Waals surface area contributed by atoms with E-state index in [1.165, 1.54) is 0 Å². The van der Waals surface area contributed by atoms with Crippen molar-refractivity contribution in [3.63, 3.8) is 0 Å². The third-order valence-corrected chi connectivity index (χ3v) is 4.35. The van der Waals surface area contributed by atoms with Gasteiger partial charge in [-0.05, 0) is 38.0 Å². The summed E-state index contributed by atoms with van der Waals surface area (Å²) in [5, 5.41) is 0. The summed E-state index contributed by atoms with van der Waals surface area (Å²) in [6, 6.07) is 5.47. The Bertz CT molecular complexity index is 527. The number of hydrogen-bond acceptors (Lipinski definition) is 3. The summed E-state index contributed by atoms with van der Waals surface area (Å²) in [4.78, 5) is 26.1. The van der Waals surface area contributed by atoms with E-state index in [-0.39, 0.29) is 17.8 Å². The third-order valence-electron chi connectivity index (χ3n) is 3.44. The highest BCUT2D eigenvalue weighted by molar-refractivity contribution is 9.11. The van der Waals surface area contributed by atoms with Crippen molar-refractivity contribution >= 4 is 43.7 Å². The van der Waals surface area contributed by atoms with Crippen LogP contribution in [0.2, 0.25) is 0 Å². The molecule has 1 atom stereocenters. The first kappa shape index (κ1) is 16.5. The predicted octanol–water partition coefficient (Wildman–Crippen LogP) is 3.63. The Balaban J connectivity index is 2.10. The molecule has 0 bridgehead atoms. The highest BCUT2D eigenvalue weighted by Crippen LogP contribution is 2.24. The molecule has 1 aliphatic heterocycles. The molecule has 1 saturated heterocycles. The summed E-state index contributed by atoms with van der Waals surface area (Å²) in [5.41, 5.74) is 0.612. The van der Waals surface area contributed by atoms with Gasteiger partial charge in [-0.2, -0.15) is 0 Å². The molecule has 1 heterocycles. The largest absolute Gasteiger partial charge is 0.466 e. The van der Waals surface area contributed by atoms with E-state index in [1.807, 2.05) is 6.07 Å². The van der Waals surface area contributed by atoms with Crippen LogP contribution in [0, 0.1) is 5.92 Å². The van der Waals surface area contributed by atoms with E-state index in [4.69, 9.17) is 4.74 Å². The Kier molecular flexibility index (Phi) is 5.81. The van der Waals surface area contributed by atoms with Crippen molar-refractivity contribution in [1.29, 1.82) is 0 Å². The van der Waals surface area contributed by atoms with Crippen LogP contribution in [0.15, 0.2) is 27.1 Å². The van der Waals surface area contributed by atoms with Crippen molar-refractivity contribution in [3.05, 3.63) is 32.7 Å². The van der Waals surface area contributed by atoms with E-state index in [0.29, 0.717) is 25.3 Å². The van der Waals surface area contributed by atoms with Crippen LogP contribution < -0.4 is 0 Å². The second-order valence-corrected chi connectivity index (χ2v) is 6.83. The van der Waals surface area contributed by atoms with Crippen molar-refractivity contribution in [2.75, 3.05) is 19.7 Å². The Morgan fingerprint density at radius 2 is 1.95 bits per heavy atom. The van der Waals surface area contributed by atoms with Crippen molar-refractivity contribution in [2.24, 2.45) is 5.92 Å². The maximum Gasteiger partial charge on any atom is 0.310 e.